The van der Waals surface area contributed by atoms with Crippen molar-refractivity contribution in [1.82, 2.24) is 10.3 Å². The van der Waals surface area contributed by atoms with Gasteiger partial charge in [0.1, 0.15) is 0 Å². The summed E-state index contributed by atoms with van der Waals surface area (Å²) in [5, 5.41) is 3.54. The van der Waals surface area contributed by atoms with Crippen LogP contribution in [0.3, 0.4) is 0 Å². The van der Waals surface area contributed by atoms with Crippen LogP contribution >= 0.6 is 0 Å². The van der Waals surface area contributed by atoms with Crippen LogP contribution in [0.15, 0.2) is 24.5 Å². The molecule has 0 aliphatic carbocycles. The van der Waals surface area contributed by atoms with Crippen molar-refractivity contribution in [2.24, 2.45) is 0 Å². The Balaban J connectivity index is 1.97. The van der Waals surface area contributed by atoms with Gasteiger partial charge in [-0.1, -0.05) is 13.0 Å². The van der Waals surface area contributed by atoms with Gasteiger partial charge in [-0.2, -0.15) is 0 Å². The van der Waals surface area contributed by atoms with Crippen LogP contribution < -0.4 is 5.32 Å². The van der Waals surface area contributed by atoms with E-state index in [2.05, 4.69) is 30.2 Å². The largest absolute Gasteiger partial charge is 0.374 e. The minimum absolute atomic E-state index is 0.352. The van der Waals surface area contributed by atoms with Gasteiger partial charge in [0, 0.05) is 18.4 Å². The highest BCUT2D eigenvalue weighted by atomic mass is 16.5. The van der Waals surface area contributed by atoms with E-state index >= 15 is 0 Å². The van der Waals surface area contributed by atoms with Crippen LogP contribution in [0.2, 0.25) is 0 Å². The summed E-state index contributed by atoms with van der Waals surface area (Å²) in [6.45, 7) is 5.29. The highest BCUT2D eigenvalue weighted by molar-refractivity contribution is 5.11. The molecule has 2 heterocycles. The lowest BCUT2D eigenvalue weighted by molar-refractivity contribution is 0.0324. The Labute approximate surface area is 104 Å². The summed E-state index contributed by atoms with van der Waals surface area (Å²) < 4.78 is 5.97. The van der Waals surface area contributed by atoms with E-state index in [1.807, 2.05) is 18.5 Å². The highest BCUT2D eigenvalue weighted by Gasteiger charge is 2.29. The summed E-state index contributed by atoms with van der Waals surface area (Å²) in [7, 11) is 0. The van der Waals surface area contributed by atoms with Crippen molar-refractivity contribution in [3.05, 3.63) is 30.1 Å². The molecule has 0 saturated carbocycles. The fraction of sp³-hybridized carbons (Fsp3) is 0.643. The van der Waals surface area contributed by atoms with Gasteiger partial charge in [-0.25, -0.2) is 0 Å². The smallest absolute Gasteiger partial charge is 0.0735 e. The van der Waals surface area contributed by atoms with E-state index in [9.17, 15) is 0 Å². The predicted molar refractivity (Wildman–Crippen MR) is 69.0 cm³/mol. The van der Waals surface area contributed by atoms with Gasteiger partial charge in [-0.15, -0.1) is 0 Å². The number of nitrogens with one attached hydrogen (secondary N) is 1. The van der Waals surface area contributed by atoms with Crippen LogP contribution in [0.25, 0.3) is 0 Å². The third kappa shape index (κ3) is 3.51. The zero-order chi connectivity index (χ0) is 12.1. The Morgan fingerprint density at radius 1 is 1.53 bits per heavy atom. The zero-order valence-corrected chi connectivity index (χ0v) is 10.7. The molecule has 2 rings (SSSR count). The Morgan fingerprint density at radius 3 is 3.00 bits per heavy atom. The molecule has 0 bridgehead atoms. The zero-order valence-electron chi connectivity index (χ0n) is 10.7. The van der Waals surface area contributed by atoms with Crippen LogP contribution in [-0.4, -0.2) is 29.8 Å². The first-order valence-electron chi connectivity index (χ1n) is 6.57. The van der Waals surface area contributed by atoms with E-state index in [1.165, 1.54) is 18.4 Å². The maximum Gasteiger partial charge on any atom is 0.0735 e. The fourth-order valence-electron chi connectivity index (χ4n) is 2.50. The average molecular weight is 234 g/mol. The SMILES string of the molecule is CCNC(Cc1cccnc1)C1CCC(C)O1. The van der Waals surface area contributed by atoms with Crippen molar-refractivity contribution < 1.29 is 4.74 Å². The Morgan fingerprint density at radius 2 is 2.41 bits per heavy atom. The maximum atomic E-state index is 5.97. The number of rotatable bonds is 5. The van der Waals surface area contributed by atoms with Gasteiger partial charge in [-0.3, -0.25) is 4.98 Å². The molecular formula is C14H22N2O. The van der Waals surface area contributed by atoms with Crippen molar-refractivity contribution in [3.8, 4) is 0 Å². The van der Waals surface area contributed by atoms with E-state index in [4.69, 9.17) is 4.74 Å². The Kier molecular flexibility index (Phi) is 4.51. The minimum atomic E-state index is 0.352. The lowest BCUT2D eigenvalue weighted by Gasteiger charge is -2.24. The first-order chi connectivity index (χ1) is 8.29. The molecule has 17 heavy (non-hydrogen) atoms. The van der Waals surface area contributed by atoms with Gasteiger partial charge in [-0.05, 0) is 44.4 Å². The van der Waals surface area contributed by atoms with Gasteiger partial charge in [0.05, 0.1) is 12.2 Å². The molecule has 3 nitrogen and oxygen atoms in total. The van der Waals surface area contributed by atoms with Crippen LogP contribution in [0, 0.1) is 0 Å². The fourth-order valence-corrected chi connectivity index (χ4v) is 2.50. The molecule has 0 radical (unpaired) electrons. The van der Waals surface area contributed by atoms with Gasteiger partial charge in [0.2, 0.25) is 0 Å². The Hall–Kier alpha value is -0.930. The topological polar surface area (TPSA) is 34.2 Å². The second kappa shape index (κ2) is 6.12. The number of likely N-dealkylation sites (N-methyl/N-ethyl adjacent to an activating group) is 1. The summed E-state index contributed by atoms with van der Waals surface area (Å²) in [6.07, 6.45) is 7.88. The summed E-state index contributed by atoms with van der Waals surface area (Å²) in [5.74, 6) is 0. The molecule has 94 valence electrons. The van der Waals surface area contributed by atoms with Crippen molar-refractivity contribution in [1.29, 1.82) is 0 Å². The summed E-state index contributed by atoms with van der Waals surface area (Å²) >= 11 is 0. The molecule has 0 spiro atoms. The van der Waals surface area contributed by atoms with Gasteiger partial charge in [0.15, 0.2) is 0 Å². The normalized spacial score (nSPS) is 26.0. The van der Waals surface area contributed by atoms with Crippen LogP contribution in [0.4, 0.5) is 0 Å². The van der Waals surface area contributed by atoms with E-state index in [0.29, 0.717) is 18.2 Å². The third-order valence-electron chi connectivity index (χ3n) is 3.36. The number of hydrogen-bond donors (Lipinski definition) is 1. The van der Waals surface area contributed by atoms with Crippen molar-refractivity contribution in [2.75, 3.05) is 6.54 Å². The first kappa shape index (κ1) is 12.5. The molecular weight excluding hydrogens is 212 g/mol. The first-order valence-corrected chi connectivity index (χ1v) is 6.57. The molecule has 1 aliphatic rings. The second-order valence-corrected chi connectivity index (χ2v) is 4.79. The maximum absolute atomic E-state index is 5.97. The van der Waals surface area contributed by atoms with Crippen LogP contribution in [0.1, 0.15) is 32.3 Å². The quantitative estimate of drug-likeness (QED) is 0.848. The molecule has 1 fully saturated rings. The molecule has 1 aliphatic heterocycles. The third-order valence-corrected chi connectivity index (χ3v) is 3.36. The number of ether oxygens (including phenoxy) is 1. The number of aromatic nitrogens is 1. The van der Waals surface area contributed by atoms with Crippen molar-refractivity contribution >= 4 is 0 Å². The highest BCUT2D eigenvalue weighted by Crippen LogP contribution is 2.23. The lowest BCUT2D eigenvalue weighted by Crippen LogP contribution is -2.41. The summed E-state index contributed by atoms with van der Waals surface area (Å²) in [4.78, 5) is 4.17. The molecule has 0 amide bonds. The number of hydrogen-bond acceptors (Lipinski definition) is 3. The average Bonchev–Trinajstić information content (AvgIpc) is 2.77. The van der Waals surface area contributed by atoms with Gasteiger partial charge >= 0.3 is 0 Å². The molecule has 1 saturated heterocycles. The van der Waals surface area contributed by atoms with Crippen molar-refractivity contribution in [2.45, 2.75) is 51.4 Å². The number of nitrogens with zero attached hydrogens (tertiary/aromatic N) is 1. The monoisotopic (exact) mass is 234 g/mol. The van der Waals surface area contributed by atoms with Gasteiger partial charge in [0.25, 0.3) is 0 Å². The van der Waals surface area contributed by atoms with Crippen LogP contribution in [-0.2, 0) is 11.2 Å². The minimum Gasteiger partial charge on any atom is -0.374 e. The second-order valence-electron chi connectivity index (χ2n) is 4.79. The van der Waals surface area contributed by atoms with Gasteiger partial charge < -0.3 is 10.1 Å². The molecule has 0 aromatic carbocycles. The molecule has 1 N–H and O–H groups in total. The Bertz CT molecular complexity index is 328. The van der Waals surface area contributed by atoms with E-state index in [1.54, 1.807) is 0 Å². The summed E-state index contributed by atoms with van der Waals surface area (Å²) in [5.41, 5.74) is 1.28. The van der Waals surface area contributed by atoms with Crippen molar-refractivity contribution in [3.63, 3.8) is 0 Å². The van der Waals surface area contributed by atoms with E-state index in [-0.39, 0.29) is 0 Å². The molecule has 3 heteroatoms. The van der Waals surface area contributed by atoms with Crippen LogP contribution in [0.5, 0.6) is 0 Å². The molecule has 3 unspecified atom stereocenters. The van der Waals surface area contributed by atoms with E-state index in [0.717, 1.165) is 13.0 Å². The summed E-state index contributed by atoms with van der Waals surface area (Å²) in [6, 6.07) is 4.54. The standard InChI is InChI=1S/C14H22N2O/c1-3-16-13(14-7-6-11(2)17-14)9-12-5-4-8-15-10-12/h4-5,8,10-11,13-14,16H,3,6-7,9H2,1-2H3. The predicted octanol–water partition coefficient (Wildman–Crippen LogP) is 2.17. The lowest BCUT2D eigenvalue weighted by atomic mass is 10.0. The number of pyridine rings is 1. The van der Waals surface area contributed by atoms with E-state index < -0.39 is 0 Å². The molecule has 1 aromatic rings. The molecule has 3 atom stereocenters. The molecule has 1 aromatic heterocycles.